The fourth-order valence-electron chi connectivity index (χ4n) is 3.55. The highest BCUT2D eigenvalue weighted by molar-refractivity contribution is 7.89. The molecule has 1 saturated carbocycles. The predicted octanol–water partition coefficient (Wildman–Crippen LogP) is 1.29. The van der Waals surface area contributed by atoms with E-state index in [1.807, 2.05) is 12.1 Å². The monoisotopic (exact) mass is 292 g/mol. The van der Waals surface area contributed by atoms with Gasteiger partial charge in [-0.1, -0.05) is 6.07 Å². The van der Waals surface area contributed by atoms with Gasteiger partial charge in [-0.25, -0.2) is 8.42 Å². The fourth-order valence-corrected chi connectivity index (χ4v) is 5.20. The molecule has 1 saturated heterocycles. The Labute approximate surface area is 120 Å². The molecule has 20 heavy (non-hydrogen) atoms. The third-order valence-corrected chi connectivity index (χ3v) is 6.83. The molecule has 0 bridgehead atoms. The van der Waals surface area contributed by atoms with E-state index in [2.05, 4.69) is 0 Å². The molecule has 108 valence electrons. The fraction of sp³-hybridized carbons (Fsp3) is 0.600. The molecule has 5 heteroatoms. The molecule has 0 atom stereocenters. The van der Waals surface area contributed by atoms with Crippen molar-refractivity contribution in [2.24, 2.45) is 11.7 Å². The van der Waals surface area contributed by atoms with Crippen LogP contribution in [-0.4, -0.2) is 31.4 Å². The van der Waals surface area contributed by atoms with E-state index in [1.165, 1.54) is 11.1 Å². The van der Waals surface area contributed by atoms with Crippen molar-refractivity contribution in [3.05, 3.63) is 29.3 Å². The van der Waals surface area contributed by atoms with Gasteiger partial charge in [-0.2, -0.15) is 4.31 Å². The lowest BCUT2D eigenvalue weighted by Crippen LogP contribution is -2.69. The van der Waals surface area contributed by atoms with E-state index < -0.39 is 10.0 Å². The van der Waals surface area contributed by atoms with Crippen LogP contribution in [0.25, 0.3) is 0 Å². The average Bonchev–Trinajstić information content (AvgIpc) is 3.13. The number of fused-ring (bicyclic) bond motifs is 1. The SMILES string of the molecule is NC1(C2CC2)CN(S(=O)(=O)c2ccc3c(c2)CCC3)C1. The van der Waals surface area contributed by atoms with Crippen LogP contribution in [0.5, 0.6) is 0 Å². The smallest absolute Gasteiger partial charge is 0.243 e. The van der Waals surface area contributed by atoms with E-state index in [0.29, 0.717) is 23.9 Å². The summed E-state index contributed by atoms with van der Waals surface area (Å²) in [7, 11) is -3.35. The minimum atomic E-state index is -3.35. The van der Waals surface area contributed by atoms with Crippen LogP contribution in [0.15, 0.2) is 23.1 Å². The van der Waals surface area contributed by atoms with E-state index in [-0.39, 0.29) is 5.54 Å². The Morgan fingerprint density at radius 1 is 1.15 bits per heavy atom. The molecular formula is C15H20N2O2S. The lowest BCUT2D eigenvalue weighted by Gasteiger charge is -2.47. The quantitative estimate of drug-likeness (QED) is 0.913. The van der Waals surface area contributed by atoms with Crippen LogP contribution in [-0.2, 0) is 22.9 Å². The number of rotatable bonds is 3. The highest BCUT2D eigenvalue weighted by atomic mass is 32.2. The van der Waals surface area contributed by atoms with Crippen LogP contribution in [0.1, 0.15) is 30.4 Å². The van der Waals surface area contributed by atoms with Crippen molar-refractivity contribution in [3.8, 4) is 0 Å². The Morgan fingerprint density at radius 3 is 2.55 bits per heavy atom. The first-order chi connectivity index (χ1) is 9.49. The maximum atomic E-state index is 12.6. The summed E-state index contributed by atoms with van der Waals surface area (Å²) in [5.41, 5.74) is 8.50. The molecule has 1 aromatic rings. The summed E-state index contributed by atoms with van der Waals surface area (Å²) in [6, 6.07) is 5.60. The van der Waals surface area contributed by atoms with Gasteiger partial charge in [0, 0.05) is 18.6 Å². The molecule has 2 fully saturated rings. The zero-order chi connectivity index (χ0) is 14.0. The molecule has 3 aliphatic rings. The minimum absolute atomic E-state index is 0.260. The number of aryl methyl sites for hydroxylation is 2. The number of nitrogens with zero attached hydrogens (tertiary/aromatic N) is 1. The first kappa shape index (κ1) is 12.8. The van der Waals surface area contributed by atoms with E-state index in [4.69, 9.17) is 5.73 Å². The standard InChI is InChI=1S/C15H20N2O2S/c16-15(13-5-6-13)9-17(10-15)20(18,19)14-7-4-11-2-1-3-12(11)8-14/h4,7-8,13H,1-3,5-6,9-10,16H2. The summed E-state index contributed by atoms with van der Waals surface area (Å²) >= 11 is 0. The third-order valence-electron chi connectivity index (χ3n) is 5.04. The lowest BCUT2D eigenvalue weighted by atomic mass is 9.88. The van der Waals surface area contributed by atoms with Gasteiger partial charge in [0.2, 0.25) is 10.0 Å². The van der Waals surface area contributed by atoms with Crippen molar-refractivity contribution in [2.45, 2.75) is 42.5 Å². The second-order valence-electron chi connectivity index (χ2n) is 6.56. The summed E-state index contributed by atoms with van der Waals surface area (Å²) in [6.45, 7) is 0.966. The van der Waals surface area contributed by atoms with Crippen LogP contribution in [0.3, 0.4) is 0 Å². The largest absolute Gasteiger partial charge is 0.323 e. The molecule has 0 amide bonds. The summed E-state index contributed by atoms with van der Waals surface area (Å²) < 4.78 is 26.8. The van der Waals surface area contributed by atoms with Crippen LogP contribution in [0.2, 0.25) is 0 Å². The first-order valence-corrected chi connectivity index (χ1v) is 8.84. The molecule has 2 N–H and O–H groups in total. The van der Waals surface area contributed by atoms with Gasteiger partial charge in [-0.15, -0.1) is 0 Å². The normalized spacial score (nSPS) is 25.2. The third kappa shape index (κ3) is 1.84. The number of hydrogen-bond donors (Lipinski definition) is 1. The van der Waals surface area contributed by atoms with Crippen molar-refractivity contribution in [2.75, 3.05) is 13.1 Å². The molecule has 4 nitrogen and oxygen atoms in total. The van der Waals surface area contributed by atoms with Gasteiger partial charge in [-0.05, 0) is 61.3 Å². The highest BCUT2D eigenvalue weighted by Crippen LogP contribution is 2.44. The summed E-state index contributed by atoms with van der Waals surface area (Å²) in [6.07, 6.45) is 5.52. The number of benzene rings is 1. The van der Waals surface area contributed by atoms with E-state index in [1.54, 1.807) is 10.4 Å². The molecule has 0 radical (unpaired) electrons. The van der Waals surface area contributed by atoms with Crippen molar-refractivity contribution in [3.63, 3.8) is 0 Å². The lowest BCUT2D eigenvalue weighted by molar-refractivity contribution is 0.135. The van der Waals surface area contributed by atoms with Gasteiger partial charge in [0.05, 0.1) is 4.90 Å². The molecule has 1 heterocycles. The summed E-state index contributed by atoms with van der Waals surface area (Å²) in [5.74, 6) is 0.536. The molecular weight excluding hydrogens is 272 g/mol. The molecule has 1 aromatic carbocycles. The Balaban J connectivity index is 1.58. The second kappa shape index (κ2) is 4.06. The van der Waals surface area contributed by atoms with Gasteiger partial charge in [-0.3, -0.25) is 0 Å². The Hall–Kier alpha value is -0.910. The van der Waals surface area contributed by atoms with Crippen molar-refractivity contribution < 1.29 is 8.42 Å². The van der Waals surface area contributed by atoms with Crippen LogP contribution >= 0.6 is 0 Å². The van der Waals surface area contributed by atoms with Gasteiger partial charge in [0.15, 0.2) is 0 Å². The first-order valence-electron chi connectivity index (χ1n) is 7.40. The number of sulfonamides is 1. The van der Waals surface area contributed by atoms with Crippen LogP contribution in [0.4, 0.5) is 0 Å². The van der Waals surface area contributed by atoms with Crippen molar-refractivity contribution in [1.82, 2.24) is 4.31 Å². The summed E-state index contributed by atoms with van der Waals surface area (Å²) in [4.78, 5) is 0.441. The van der Waals surface area contributed by atoms with Gasteiger partial charge in [0.1, 0.15) is 0 Å². The van der Waals surface area contributed by atoms with E-state index in [9.17, 15) is 8.42 Å². The Morgan fingerprint density at radius 2 is 1.85 bits per heavy atom. The minimum Gasteiger partial charge on any atom is -0.323 e. The zero-order valence-corrected chi connectivity index (χ0v) is 12.3. The topological polar surface area (TPSA) is 63.4 Å². The predicted molar refractivity (Wildman–Crippen MR) is 76.9 cm³/mol. The number of nitrogens with two attached hydrogens (primary N) is 1. The Kier molecular flexibility index (Phi) is 2.60. The Bertz CT molecular complexity index is 658. The van der Waals surface area contributed by atoms with Gasteiger partial charge < -0.3 is 5.73 Å². The van der Waals surface area contributed by atoms with Crippen LogP contribution in [0, 0.1) is 5.92 Å². The molecule has 0 spiro atoms. The molecule has 4 rings (SSSR count). The van der Waals surface area contributed by atoms with Crippen LogP contribution < -0.4 is 5.73 Å². The summed E-state index contributed by atoms with van der Waals surface area (Å²) in [5, 5.41) is 0. The van der Waals surface area contributed by atoms with Crippen molar-refractivity contribution in [1.29, 1.82) is 0 Å². The number of hydrogen-bond acceptors (Lipinski definition) is 3. The van der Waals surface area contributed by atoms with Gasteiger partial charge in [0.25, 0.3) is 0 Å². The molecule has 2 aliphatic carbocycles. The van der Waals surface area contributed by atoms with Gasteiger partial charge >= 0.3 is 0 Å². The zero-order valence-electron chi connectivity index (χ0n) is 11.5. The molecule has 0 aromatic heterocycles. The molecule has 0 unspecified atom stereocenters. The highest BCUT2D eigenvalue weighted by Gasteiger charge is 2.53. The molecule has 1 aliphatic heterocycles. The van der Waals surface area contributed by atoms with Crippen molar-refractivity contribution >= 4 is 10.0 Å². The maximum Gasteiger partial charge on any atom is 0.243 e. The second-order valence-corrected chi connectivity index (χ2v) is 8.50. The van der Waals surface area contributed by atoms with E-state index in [0.717, 1.165) is 32.1 Å². The van der Waals surface area contributed by atoms with E-state index >= 15 is 0 Å². The maximum absolute atomic E-state index is 12.6. The average molecular weight is 292 g/mol.